The van der Waals surface area contributed by atoms with E-state index in [4.69, 9.17) is 4.74 Å². The van der Waals surface area contributed by atoms with E-state index in [-0.39, 0.29) is 11.2 Å². The molecule has 0 aliphatic rings. The van der Waals surface area contributed by atoms with Crippen LogP contribution in [-0.2, 0) is 10.5 Å². The molecule has 0 fully saturated rings. The number of nitrogens with zero attached hydrogens (tertiary/aromatic N) is 2. The standard InChI is InChI=1S/C16H21N3O2S3/c1-4-9-17-14(20)11(2)23-16-19-18-15(24-16)22-10-12-5-7-13(21-3)8-6-12/h5-8,11H,4,9-10H2,1-3H3,(H,17,20)/t11-/m1/s1. The van der Waals surface area contributed by atoms with Gasteiger partial charge in [0.1, 0.15) is 5.75 Å². The fourth-order valence-corrected chi connectivity index (χ4v) is 4.91. The van der Waals surface area contributed by atoms with Gasteiger partial charge in [0.15, 0.2) is 8.68 Å². The van der Waals surface area contributed by atoms with Gasteiger partial charge in [-0.15, -0.1) is 10.2 Å². The normalized spacial score (nSPS) is 12.0. The first-order chi connectivity index (χ1) is 11.6. The van der Waals surface area contributed by atoms with Crippen molar-refractivity contribution < 1.29 is 9.53 Å². The van der Waals surface area contributed by atoms with Crippen molar-refractivity contribution in [2.75, 3.05) is 13.7 Å². The van der Waals surface area contributed by atoms with Crippen molar-refractivity contribution in [3.63, 3.8) is 0 Å². The van der Waals surface area contributed by atoms with Crippen LogP contribution in [0.4, 0.5) is 0 Å². The molecule has 24 heavy (non-hydrogen) atoms. The summed E-state index contributed by atoms with van der Waals surface area (Å²) in [5.74, 6) is 1.73. The number of methoxy groups -OCH3 is 1. The Labute approximate surface area is 155 Å². The number of carbonyl (C=O) groups is 1. The van der Waals surface area contributed by atoms with Gasteiger partial charge in [-0.05, 0) is 31.0 Å². The zero-order chi connectivity index (χ0) is 17.4. The predicted molar refractivity (Wildman–Crippen MR) is 101 cm³/mol. The molecular formula is C16H21N3O2S3. The van der Waals surface area contributed by atoms with E-state index >= 15 is 0 Å². The second-order valence-corrected chi connectivity index (χ2v) is 8.81. The number of nitrogens with one attached hydrogen (secondary N) is 1. The Morgan fingerprint density at radius 3 is 2.67 bits per heavy atom. The summed E-state index contributed by atoms with van der Waals surface area (Å²) in [6.07, 6.45) is 0.939. The molecule has 0 saturated heterocycles. The molecule has 1 atom stereocenters. The fraction of sp³-hybridized carbons (Fsp3) is 0.438. The summed E-state index contributed by atoms with van der Waals surface area (Å²) < 4.78 is 6.89. The first-order valence-corrected chi connectivity index (χ1v) is 10.3. The van der Waals surface area contributed by atoms with Crippen LogP contribution in [0.5, 0.6) is 5.75 Å². The number of rotatable bonds is 9. The lowest BCUT2D eigenvalue weighted by Gasteiger charge is -2.08. The molecule has 0 aliphatic heterocycles. The molecule has 1 heterocycles. The minimum atomic E-state index is -0.163. The lowest BCUT2D eigenvalue weighted by Crippen LogP contribution is -2.31. The molecule has 0 spiro atoms. The van der Waals surface area contributed by atoms with Crippen molar-refractivity contribution in [1.82, 2.24) is 15.5 Å². The number of carbonyl (C=O) groups excluding carboxylic acids is 1. The molecule has 5 nitrogen and oxygen atoms in total. The first-order valence-electron chi connectivity index (χ1n) is 7.66. The minimum Gasteiger partial charge on any atom is -0.497 e. The molecule has 130 valence electrons. The number of ether oxygens (including phenoxy) is 1. The lowest BCUT2D eigenvalue weighted by atomic mass is 10.2. The molecule has 1 aromatic heterocycles. The Morgan fingerprint density at radius 1 is 1.29 bits per heavy atom. The van der Waals surface area contributed by atoms with Crippen LogP contribution in [0.1, 0.15) is 25.8 Å². The summed E-state index contributed by atoms with van der Waals surface area (Å²) in [6, 6.07) is 7.99. The number of aromatic nitrogens is 2. The van der Waals surface area contributed by atoms with Crippen LogP contribution in [0.15, 0.2) is 32.9 Å². The van der Waals surface area contributed by atoms with Crippen molar-refractivity contribution in [1.29, 1.82) is 0 Å². The van der Waals surface area contributed by atoms with Crippen LogP contribution in [0.3, 0.4) is 0 Å². The van der Waals surface area contributed by atoms with E-state index in [0.29, 0.717) is 6.54 Å². The number of benzene rings is 1. The third-order valence-corrected chi connectivity index (χ3v) is 6.42. The lowest BCUT2D eigenvalue weighted by molar-refractivity contribution is -0.120. The molecule has 0 unspecified atom stereocenters. The first kappa shape index (κ1) is 19.1. The minimum absolute atomic E-state index is 0.0458. The van der Waals surface area contributed by atoms with E-state index in [2.05, 4.69) is 15.5 Å². The summed E-state index contributed by atoms with van der Waals surface area (Å²) in [7, 11) is 1.66. The van der Waals surface area contributed by atoms with E-state index in [9.17, 15) is 4.79 Å². The van der Waals surface area contributed by atoms with Gasteiger partial charge in [-0.1, -0.05) is 53.9 Å². The van der Waals surface area contributed by atoms with E-state index in [0.717, 1.165) is 26.6 Å². The van der Waals surface area contributed by atoms with Gasteiger partial charge in [-0.25, -0.2) is 0 Å². The van der Waals surface area contributed by atoms with Gasteiger partial charge in [0.25, 0.3) is 0 Å². The van der Waals surface area contributed by atoms with Crippen molar-refractivity contribution in [2.45, 2.75) is 40.0 Å². The summed E-state index contributed by atoms with van der Waals surface area (Å²) >= 11 is 4.63. The van der Waals surface area contributed by atoms with Gasteiger partial charge >= 0.3 is 0 Å². The van der Waals surface area contributed by atoms with E-state index in [1.807, 2.05) is 38.1 Å². The molecular weight excluding hydrogens is 362 g/mol. The van der Waals surface area contributed by atoms with Gasteiger partial charge in [0, 0.05) is 12.3 Å². The van der Waals surface area contributed by atoms with Crippen LogP contribution < -0.4 is 10.1 Å². The van der Waals surface area contributed by atoms with Crippen LogP contribution in [-0.4, -0.2) is 35.0 Å². The molecule has 0 radical (unpaired) electrons. The Balaban J connectivity index is 1.82. The van der Waals surface area contributed by atoms with E-state index in [1.54, 1.807) is 18.9 Å². The van der Waals surface area contributed by atoms with Gasteiger partial charge < -0.3 is 10.1 Å². The second kappa shape index (κ2) is 9.90. The SMILES string of the molecule is CCCNC(=O)[C@@H](C)Sc1nnc(SCc2ccc(OC)cc2)s1. The van der Waals surface area contributed by atoms with E-state index < -0.39 is 0 Å². The van der Waals surface area contributed by atoms with Crippen molar-refractivity contribution in [2.24, 2.45) is 0 Å². The van der Waals surface area contributed by atoms with Crippen molar-refractivity contribution in [3.05, 3.63) is 29.8 Å². The molecule has 0 saturated carbocycles. The van der Waals surface area contributed by atoms with Crippen LogP contribution in [0.2, 0.25) is 0 Å². The highest BCUT2D eigenvalue weighted by Crippen LogP contribution is 2.32. The second-order valence-electron chi connectivity index (χ2n) is 5.02. The average Bonchev–Trinajstić information content (AvgIpc) is 3.05. The van der Waals surface area contributed by atoms with E-state index in [1.165, 1.54) is 28.7 Å². The zero-order valence-electron chi connectivity index (χ0n) is 13.9. The molecule has 2 rings (SSSR count). The van der Waals surface area contributed by atoms with Crippen LogP contribution in [0.25, 0.3) is 0 Å². The highest BCUT2D eigenvalue weighted by Gasteiger charge is 2.16. The third kappa shape index (κ3) is 5.99. The summed E-state index contributed by atoms with van der Waals surface area (Å²) in [5, 5.41) is 11.1. The summed E-state index contributed by atoms with van der Waals surface area (Å²) in [4.78, 5) is 11.9. The fourth-order valence-electron chi connectivity index (χ4n) is 1.77. The number of hydrogen-bond acceptors (Lipinski definition) is 7. The highest BCUT2D eigenvalue weighted by molar-refractivity contribution is 8.03. The zero-order valence-corrected chi connectivity index (χ0v) is 16.4. The molecule has 1 N–H and O–H groups in total. The smallest absolute Gasteiger partial charge is 0.233 e. The Morgan fingerprint density at radius 2 is 2.00 bits per heavy atom. The summed E-state index contributed by atoms with van der Waals surface area (Å²) in [5.41, 5.74) is 1.21. The monoisotopic (exact) mass is 383 g/mol. The van der Waals surface area contributed by atoms with Crippen molar-refractivity contribution in [3.8, 4) is 5.75 Å². The van der Waals surface area contributed by atoms with Gasteiger partial charge in [0.2, 0.25) is 5.91 Å². The molecule has 1 amide bonds. The number of hydrogen-bond donors (Lipinski definition) is 1. The van der Waals surface area contributed by atoms with Gasteiger partial charge in [0.05, 0.1) is 12.4 Å². The Hall–Kier alpha value is -1.25. The quantitative estimate of drug-likeness (QED) is 0.664. The molecule has 0 aliphatic carbocycles. The maximum atomic E-state index is 11.9. The largest absolute Gasteiger partial charge is 0.497 e. The van der Waals surface area contributed by atoms with Crippen LogP contribution in [0, 0.1) is 0 Å². The maximum absolute atomic E-state index is 11.9. The average molecular weight is 384 g/mol. The Bertz CT molecular complexity index is 646. The molecule has 8 heteroatoms. The predicted octanol–water partition coefficient (Wildman–Crippen LogP) is 3.85. The topological polar surface area (TPSA) is 64.1 Å². The van der Waals surface area contributed by atoms with Crippen LogP contribution >= 0.6 is 34.9 Å². The Kier molecular flexibility index (Phi) is 7.87. The summed E-state index contributed by atoms with van der Waals surface area (Å²) in [6.45, 7) is 4.64. The third-order valence-electron chi connectivity index (χ3n) is 3.11. The highest BCUT2D eigenvalue weighted by atomic mass is 32.2. The van der Waals surface area contributed by atoms with Gasteiger partial charge in [-0.3, -0.25) is 4.79 Å². The van der Waals surface area contributed by atoms with Gasteiger partial charge in [-0.2, -0.15) is 0 Å². The molecule has 2 aromatic rings. The molecule has 1 aromatic carbocycles. The molecule has 0 bridgehead atoms. The van der Waals surface area contributed by atoms with Crippen molar-refractivity contribution >= 4 is 40.8 Å². The number of thioether (sulfide) groups is 2. The number of amides is 1. The maximum Gasteiger partial charge on any atom is 0.233 e.